The summed E-state index contributed by atoms with van der Waals surface area (Å²) in [5, 5.41) is 3.37. The highest BCUT2D eigenvalue weighted by Gasteiger charge is 2.16. The van der Waals surface area contributed by atoms with E-state index in [1.807, 2.05) is 30.3 Å². The third-order valence-electron chi connectivity index (χ3n) is 5.11. The lowest BCUT2D eigenvalue weighted by Crippen LogP contribution is -2.29. The number of rotatable bonds is 3. The predicted octanol–water partition coefficient (Wildman–Crippen LogP) is 4.56. The molecule has 26 heavy (non-hydrogen) atoms. The molecule has 4 rings (SSSR count). The smallest absolute Gasteiger partial charge is 0.272 e. The zero-order chi connectivity index (χ0) is 18.1. The van der Waals surface area contributed by atoms with Crippen LogP contribution in [-0.2, 0) is 7.05 Å². The van der Waals surface area contributed by atoms with E-state index in [9.17, 15) is 9.18 Å². The van der Waals surface area contributed by atoms with Gasteiger partial charge in [0.05, 0.1) is 5.52 Å². The van der Waals surface area contributed by atoms with E-state index in [0.29, 0.717) is 16.6 Å². The highest BCUT2D eigenvalue weighted by Crippen LogP contribution is 2.24. The van der Waals surface area contributed by atoms with Crippen LogP contribution in [0.2, 0.25) is 0 Å². The largest absolute Gasteiger partial charge is 0.372 e. The van der Waals surface area contributed by atoms with Gasteiger partial charge in [-0.2, -0.15) is 0 Å². The predicted molar refractivity (Wildman–Crippen MR) is 103 cm³/mol. The van der Waals surface area contributed by atoms with Crippen molar-refractivity contribution in [3.8, 4) is 0 Å². The molecule has 1 aliphatic heterocycles. The van der Waals surface area contributed by atoms with Gasteiger partial charge in [0.25, 0.3) is 5.91 Å². The summed E-state index contributed by atoms with van der Waals surface area (Å²) in [4.78, 5) is 15.0. The molecule has 2 heterocycles. The average molecular weight is 351 g/mol. The van der Waals surface area contributed by atoms with Gasteiger partial charge in [-0.1, -0.05) is 6.07 Å². The van der Waals surface area contributed by atoms with Gasteiger partial charge in [-0.3, -0.25) is 4.79 Å². The molecule has 1 amide bonds. The number of aryl methyl sites for hydroxylation is 1. The van der Waals surface area contributed by atoms with Gasteiger partial charge in [0, 0.05) is 36.9 Å². The summed E-state index contributed by atoms with van der Waals surface area (Å²) >= 11 is 0. The minimum Gasteiger partial charge on any atom is -0.372 e. The minimum absolute atomic E-state index is 0.242. The number of carbonyl (C=O) groups is 1. The molecule has 3 aromatic rings. The van der Waals surface area contributed by atoms with E-state index in [2.05, 4.69) is 10.2 Å². The number of hydrogen-bond acceptors (Lipinski definition) is 2. The number of nitrogens with one attached hydrogen (secondary N) is 1. The van der Waals surface area contributed by atoms with Gasteiger partial charge < -0.3 is 14.8 Å². The second kappa shape index (κ2) is 6.83. The molecule has 1 aliphatic rings. The third-order valence-corrected chi connectivity index (χ3v) is 5.11. The van der Waals surface area contributed by atoms with Crippen LogP contribution in [0.5, 0.6) is 0 Å². The Labute approximate surface area is 152 Å². The monoisotopic (exact) mass is 351 g/mol. The fourth-order valence-electron chi connectivity index (χ4n) is 3.65. The van der Waals surface area contributed by atoms with Crippen LogP contribution in [0.15, 0.2) is 48.5 Å². The first-order valence-corrected chi connectivity index (χ1v) is 9.04. The molecule has 1 saturated heterocycles. The van der Waals surface area contributed by atoms with Gasteiger partial charge in [-0.25, -0.2) is 4.39 Å². The molecular weight excluding hydrogens is 329 g/mol. The summed E-state index contributed by atoms with van der Waals surface area (Å²) < 4.78 is 15.7. The Kier molecular flexibility index (Phi) is 4.37. The SMILES string of the molecule is Cn1c(C(=O)Nc2ccc(N3CCCCC3)cc2)cc2c(F)cccc21. The number of anilines is 2. The average Bonchev–Trinajstić information content (AvgIpc) is 3.01. The molecule has 0 bridgehead atoms. The quantitative estimate of drug-likeness (QED) is 0.751. The zero-order valence-corrected chi connectivity index (χ0v) is 14.8. The Morgan fingerprint density at radius 1 is 1.04 bits per heavy atom. The van der Waals surface area contributed by atoms with Crippen LogP contribution in [0.3, 0.4) is 0 Å². The van der Waals surface area contributed by atoms with E-state index in [1.54, 1.807) is 23.7 Å². The van der Waals surface area contributed by atoms with Gasteiger partial charge >= 0.3 is 0 Å². The van der Waals surface area contributed by atoms with Crippen molar-refractivity contribution in [1.29, 1.82) is 0 Å². The molecule has 0 radical (unpaired) electrons. The first-order chi connectivity index (χ1) is 12.6. The highest BCUT2D eigenvalue weighted by molar-refractivity contribution is 6.06. The second-order valence-corrected chi connectivity index (χ2v) is 6.81. The van der Waals surface area contributed by atoms with Gasteiger partial charge in [0.2, 0.25) is 0 Å². The van der Waals surface area contributed by atoms with Crippen molar-refractivity contribution < 1.29 is 9.18 Å². The number of piperidine rings is 1. The van der Waals surface area contributed by atoms with E-state index in [-0.39, 0.29) is 11.7 Å². The lowest BCUT2D eigenvalue weighted by molar-refractivity contribution is 0.102. The standard InChI is InChI=1S/C21H22FN3O/c1-24-19-7-5-6-18(22)17(19)14-20(24)21(26)23-15-8-10-16(11-9-15)25-12-3-2-4-13-25/h5-11,14H,2-4,12-13H2,1H3,(H,23,26). The highest BCUT2D eigenvalue weighted by atomic mass is 19.1. The third kappa shape index (κ3) is 3.05. The fraction of sp³-hybridized carbons (Fsp3) is 0.286. The molecule has 0 saturated carbocycles. The van der Waals surface area contributed by atoms with Crippen LogP contribution in [-0.4, -0.2) is 23.6 Å². The summed E-state index contributed by atoms with van der Waals surface area (Å²) in [6.07, 6.45) is 3.77. The van der Waals surface area contributed by atoms with E-state index in [1.165, 1.54) is 31.0 Å². The van der Waals surface area contributed by atoms with Gasteiger partial charge in [0.15, 0.2) is 0 Å². The summed E-state index contributed by atoms with van der Waals surface area (Å²) in [5.74, 6) is -0.558. The fourth-order valence-corrected chi connectivity index (χ4v) is 3.65. The number of hydrogen-bond donors (Lipinski definition) is 1. The number of benzene rings is 2. The van der Waals surface area contributed by atoms with E-state index >= 15 is 0 Å². The van der Waals surface area contributed by atoms with E-state index in [4.69, 9.17) is 0 Å². The first-order valence-electron chi connectivity index (χ1n) is 9.04. The van der Waals surface area contributed by atoms with Crippen LogP contribution in [0.1, 0.15) is 29.8 Å². The Hall–Kier alpha value is -2.82. The summed E-state index contributed by atoms with van der Waals surface area (Å²) in [6.45, 7) is 2.18. The Balaban J connectivity index is 1.53. The number of amides is 1. The molecule has 2 aromatic carbocycles. The molecule has 1 fully saturated rings. The van der Waals surface area contributed by atoms with E-state index in [0.717, 1.165) is 18.8 Å². The molecule has 0 atom stereocenters. The molecule has 1 aromatic heterocycles. The van der Waals surface area contributed by atoms with Crippen molar-refractivity contribution in [1.82, 2.24) is 4.57 Å². The van der Waals surface area contributed by atoms with Crippen molar-refractivity contribution >= 4 is 28.2 Å². The normalized spacial score (nSPS) is 14.6. The van der Waals surface area contributed by atoms with Crippen LogP contribution < -0.4 is 10.2 Å². The maximum absolute atomic E-state index is 13.9. The van der Waals surface area contributed by atoms with Gasteiger partial charge in [-0.05, 0) is 61.7 Å². The van der Waals surface area contributed by atoms with Crippen LogP contribution >= 0.6 is 0 Å². The van der Waals surface area contributed by atoms with Crippen molar-refractivity contribution in [2.75, 3.05) is 23.3 Å². The maximum Gasteiger partial charge on any atom is 0.272 e. The Bertz CT molecular complexity index is 940. The first kappa shape index (κ1) is 16.6. The zero-order valence-electron chi connectivity index (χ0n) is 14.8. The van der Waals surface area contributed by atoms with Gasteiger partial charge in [-0.15, -0.1) is 0 Å². The summed E-state index contributed by atoms with van der Waals surface area (Å²) in [5.41, 5.74) is 3.07. The lowest BCUT2D eigenvalue weighted by atomic mass is 10.1. The number of nitrogens with zero attached hydrogens (tertiary/aromatic N) is 2. The molecular formula is C21H22FN3O. The second-order valence-electron chi connectivity index (χ2n) is 6.81. The topological polar surface area (TPSA) is 37.3 Å². The van der Waals surface area contributed by atoms with Crippen molar-refractivity contribution in [2.45, 2.75) is 19.3 Å². The molecule has 4 nitrogen and oxygen atoms in total. The summed E-state index contributed by atoms with van der Waals surface area (Å²) in [6, 6.07) is 14.4. The number of halogens is 1. The van der Waals surface area contributed by atoms with Crippen LogP contribution in [0.4, 0.5) is 15.8 Å². The van der Waals surface area contributed by atoms with Crippen LogP contribution in [0.25, 0.3) is 10.9 Å². The molecule has 0 unspecified atom stereocenters. The summed E-state index contributed by atoms with van der Waals surface area (Å²) in [7, 11) is 1.77. The lowest BCUT2D eigenvalue weighted by Gasteiger charge is -2.28. The van der Waals surface area contributed by atoms with Crippen molar-refractivity contribution in [3.63, 3.8) is 0 Å². The van der Waals surface area contributed by atoms with Gasteiger partial charge in [0.1, 0.15) is 11.5 Å². The molecule has 5 heteroatoms. The number of aromatic nitrogens is 1. The Morgan fingerprint density at radius 3 is 2.46 bits per heavy atom. The van der Waals surface area contributed by atoms with Crippen LogP contribution in [0, 0.1) is 5.82 Å². The number of carbonyl (C=O) groups excluding carboxylic acids is 1. The Morgan fingerprint density at radius 2 is 1.77 bits per heavy atom. The maximum atomic E-state index is 13.9. The molecule has 1 N–H and O–H groups in total. The van der Waals surface area contributed by atoms with E-state index < -0.39 is 0 Å². The minimum atomic E-state index is -0.317. The van der Waals surface area contributed by atoms with Crippen molar-refractivity contribution in [3.05, 3.63) is 60.0 Å². The molecule has 0 aliphatic carbocycles. The van der Waals surface area contributed by atoms with Crippen molar-refractivity contribution in [2.24, 2.45) is 7.05 Å². The molecule has 0 spiro atoms. The number of fused-ring (bicyclic) bond motifs is 1. The molecule has 134 valence electrons.